The van der Waals surface area contributed by atoms with E-state index in [9.17, 15) is 5.11 Å². The van der Waals surface area contributed by atoms with Crippen LogP contribution < -0.4 is 0 Å². The van der Waals surface area contributed by atoms with E-state index in [4.69, 9.17) is 16.3 Å². The van der Waals surface area contributed by atoms with Crippen LogP contribution in [-0.2, 0) is 11.3 Å². The molecule has 32 heavy (non-hydrogen) atoms. The van der Waals surface area contributed by atoms with Gasteiger partial charge in [0.1, 0.15) is 6.10 Å². The second kappa shape index (κ2) is 10.7. The van der Waals surface area contributed by atoms with Crippen molar-refractivity contribution >= 4 is 11.6 Å². The maximum absolute atomic E-state index is 10.6. The molecular weight excluding hydrogens is 420 g/mol. The SMILES string of the molecule is CC(C(OCc1ccccc1)c1ccccc1)N1C=CN(CC(O)c2ccc(Cl)cc2)C1. The van der Waals surface area contributed by atoms with E-state index < -0.39 is 6.10 Å². The summed E-state index contributed by atoms with van der Waals surface area (Å²) in [5, 5.41) is 11.3. The topological polar surface area (TPSA) is 35.9 Å². The van der Waals surface area contributed by atoms with Gasteiger partial charge in [0, 0.05) is 24.0 Å². The van der Waals surface area contributed by atoms with Crippen molar-refractivity contribution in [2.45, 2.75) is 31.8 Å². The Hall–Kier alpha value is -2.79. The molecule has 0 saturated heterocycles. The lowest BCUT2D eigenvalue weighted by Gasteiger charge is -2.33. The molecule has 0 aromatic heterocycles. The van der Waals surface area contributed by atoms with Crippen molar-refractivity contribution in [3.63, 3.8) is 0 Å². The van der Waals surface area contributed by atoms with Gasteiger partial charge in [-0.3, -0.25) is 0 Å². The Morgan fingerprint density at radius 3 is 2.22 bits per heavy atom. The van der Waals surface area contributed by atoms with Crippen LogP contribution in [0.1, 0.15) is 35.8 Å². The van der Waals surface area contributed by atoms with E-state index in [2.05, 4.69) is 59.3 Å². The third kappa shape index (κ3) is 5.71. The van der Waals surface area contributed by atoms with Crippen LogP contribution in [0.4, 0.5) is 0 Å². The molecule has 3 aromatic carbocycles. The molecule has 0 saturated carbocycles. The number of nitrogens with zero attached hydrogens (tertiary/aromatic N) is 2. The maximum Gasteiger partial charge on any atom is 0.103 e. The second-order valence-corrected chi connectivity index (χ2v) is 8.60. The summed E-state index contributed by atoms with van der Waals surface area (Å²) >= 11 is 5.96. The number of hydrogen-bond donors (Lipinski definition) is 1. The van der Waals surface area contributed by atoms with Gasteiger partial charge in [-0.05, 0) is 35.7 Å². The molecule has 4 nitrogen and oxygen atoms in total. The van der Waals surface area contributed by atoms with E-state index in [1.165, 1.54) is 0 Å². The number of benzene rings is 3. The highest BCUT2D eigenvalue weighted by Crippen LogP contribution is 2.29. The van der Waals surface area contributed by atoms with Crippen molar-refractivity contribution in [3.8, 4) is 0 Å². The minimum absolute atomic E-state index is 0.0813. The van der Waals surface area contributed by atoms with Crippen LogP contribution in [0.5, 0.6) is 0 Å². The number of rotatable bonds is 9. The number of halogens is 1. The van der Waals surface area contributed by atoms with E-state index >= 15 is 0 Å². The Morgan fingerprint density at radius 1 is 0.875 bits per heavy atom. The van der Waals surface area contributed by atoms with Gasteiger partial charge in [0.2, 0.25) is 0 Å². The molecule has 3 unspecified atom stereocenters. The third-order valence-corrected chi connectivity index (χ3v) is 6.09. The van der Waals surface area contributed by atoms with Crippen LogP contribution in [0.15, 0.2) is 97.3 Å². The molecule has 1 aliphatic heterocycles. The number of aliphatic hydroxyl groups excluding tert-OH is 1. The highest BCUT2D eigenvalue weighted by Gasteiger charge is 2.28. The molecule has 0 spiro atoms. The molecule has 3 atom stereocenters. The minimum atomic E-state index is -0.577. The number of β-amino-alcohol motifs (C(OH)–C–C–N with tert-alkyl or cyclic N) is 1. The molecule has 166 valence electrons. The Balaban J connectivity index is 1.40. The first-order valence-electron chi connectivity index (χ1n) is 10.9. The lowest BCUT2D eigenvalue weighted by Crippen LogP contribution is -2.38. The van der Waals surface area contributed by atoms with Crippen molar-refractivity contribution in [2.75, 3.05) is 13.2 Å². The van der Waals surface area contributed by atoms with Crippen LogP contribution in [0.25, 0.3) is 0 Å². The number of aliphatic hydroxyl groups is 1. The van der Waals surface area contributed by atoms with Gasteiger partial charge < -0.3 is 19.6 Å². The van der Waals surface area contributed by atoms with Gasteiger partial charge in [-0.2, -0.15) is 0 Å². The normalized spacial score (nSPS) is 16.2. The zero-order chi connectivity index (χ0) is 22.3. The molecule has 1 aliphatic rings. The van der Waals surface area contributed by atoms with Gasteiger partial charge in [0.25, 0.3) is 0 Å². The summed E-state index contributed by atoms with van der Waals surface area (Å²) in [4.78, 5) is 4.38. The smallest absolute Gasteiger partial charge is 0.103 e. The van der Waals surface area contributed by atoms with Crippen LogP contribution in [0, 0.1) is 0 Å². The molecule has 0 bridgehead atoms. The summed E-state index contributed by atoms with van der Waals surface area (Å²) < 4.78 is 6.43. The fourth-order valence-corrected chi connectivity index (χ4v) is 4.10. The van der Waals surface area contributed by atoms with Gasteiger partial charge in [-0.15, -0.1) is 0 Å². The minimum Gasteiger partial charge on any atom is -0.387 e. The van der Waals surface area contributed by atoms with Crippen molar-refractivity contribution in [1.82, 2.24) is 9.80 Å². The van der Waals surface area contributed by atoms with Gasteiger partial charge in [-0.25, -0.2) is 0 Å². The zero-order valence-electron chi connectivity index (χ0n) is 18.2. The van der Waals surface area contributed by atoms with Crippen molar-refractivity contribution in [1.29, 1.82) is 0 Å². The molecule has 0 radical (unpaired) electrons. The van der Waals surface area contributed by atoms with Gasteiger partial charge in [-0.1, -0.05) is 84.4 Å². The quantitative estimate of drug-likeness (QED) is 0.451. The van der Waals surface area contributed by atoms with Crippen molar-refractivity contribution in [3.05, 3.63) is 119 Å². The first-order valence-corrected chi connectivity index (χ1v) is 11.3. The summed E-state index contributed by atoms with van der Waals surface area (Å²) in [6.07, 6.45) is 3.46. The Morgan fingerprint density at radius 2 is 1.53 bits per heavy atom. The molecular formula is C27H29ClN2O2. The number of hydrogen-bond acceptors (Lipinski definition) is 4. The van der Waals surface area contributed by atoms with E-state index in [0.29, 0.717) is 24.8 Å². The predicted octanol–water partition coefficient (Wildman–Crippen LogP) is 5.77. The van der Waals surface area contributed by atoms with Crippen molar-refractivity contribution < 1.29 is 9.84 Å². The molecule has 4 rings (SSSR count). The lowest BCUT2D eigenvalue weighted by molar-refractivity contribution is -0.0136. The summed E-state index contributed by atoms with van der Waals surface area (Å²) in [6, 6.07) is 28.1. The Bertz CT molecular complexity index is 995. The van der Waals surface area contributed by atoms with E-state index in [1.807, 2.05) is 54.7 Å². The third-order valence-electron chi connectivity index (χ3n) is 5.84. The van der Waals surface area contributed by atoms with Gasteiger partial charge in [0.05, 0.1) is 25.4 Å². The zero-order valence-corrected chi connectivity index (χ0v) is 19.0. The standard InChI is InChI=1S/C27H29ClN2O2/c1-21(27(24-10-6-3-7-11-24)32-19-22-8-4-2-5-9-22)30-17-16-29(20-30)18-26(31)23-12-14-25(28)15-13-23/h2-17,21,26-27,31H,18-20H2,1H3. The molecule has 1 heterocycles. The average Bonchev–Trinajstić information content (AvgIpc) is 3.29. The summed E-state index contributed by atoms with van der Waals surface area (Å²) in [7, 11) is 0. The lowest BCUT2D eigenvalue weighted by atomic mass is 10.0. The van der Waals surface area contributed by atoms with Crippen LogP contribution >= 0.6 is 11.6 Å². The highest BCUT2D eigenvalue weighted by atomic mass is 35.5. The highest BCUT2D eigenvalue weighted by molar-refractivity contribution is 6.30. The summed E-state index contributed by atoms with van der Waals surface area (Å²) in [5.74, 6) is 0. The van der Waals surface area contributed by atoms with Crippen LogP contribution in [0.3, 0.4) is 0 Å². The van der Waals surface area contributed by atoms with Crippen LogP contribution in [0.2, 0.25) is 5.02 Å². The van der Waals surface area contributed by atoms with Crippen molar-refractivity contribution in [2.24, 2.45) is 0 Å². The fourth-order valence-electron chi connectivity index (χ4n) is 3.97. The largest absolute Gasteiger partial charge is 0.387 e. The summed E-state index contributed by atoms with van der Waals surface area (Å²) in [5.41, 5.74) is 3.18. The van der Waals surface area contributed by atoms with E-state index in [0.717, 1.165) is 16.7 Å². The Labute approximate surface area is 195 Å². The monoisotopic (exact) mass is 448 g/mol. The fraction of sp³-hybridized carbons (Fsp3) is 0.259. The van der Waals surface area contributed by atoms with Gasteiger partial charge >= 0.3 is 0 Å². The molecule has 5 heteroatoms. The molecule has 3 aromatic rings. The number of ether oxygens (including phenoxy) is 1. The van der Waals surface area contributed by atoms with Gasteiger partial charge in [0.15, 0.2) is 0 Å². The first-order chi connectivity index (χ1) is 15.6. The molecule has 0 aliphatic carbocycles. The summed E-state index contributed by atoms with van der Waals surface area (Å²) in [6.45, 7) is 3.96. The predicted molar refractivity (Wildman–Crippen MR) is 129 cm³/mol. The van der Waals surface area contributed by atoms with E-state index in [1.54, 1.807) is 0 Å². The second-order valence-electron chi connectivity index (χ2n) is 8.16. The maximum atomic E-state index is 10.6. The molecule has 0 amide bonds. The first kappa shape index (κ1) is 22.4. The molecule has 0 fully saturated rings. The van der Waals surface area contributed by atoms with E-state index in [-0.39, 0.29) is 12.1 Å². The average molecular weight is 449 g/mol. The molecule has 1 N–H and O–H groups in total. The Kier molecular flexibility index (Phi) is 7.48. The van der Waals surface area contributed by atoms with Crippen LogP contribution in [-0.4, -0.2) is 34.2 Å².